The van der Waals surface area contributed by atoms with Crippen LogP contribution in [0.4, 0.5) is 5.69 Å². The summed E-state index contributed by atoms with van der Waals surface area (Å²) in [6.45, 7) is 1.48. The third-order valence-electron chi connectivity index (χ3n) is 5.12. The Labute approximate surface area is 177 Å². The normalized spacial score (nSPS) is 13.6. The molecule has 4 rings (SSSR count). The Kier molecular flexibility index (Phi) is 5.03. The van der Waals surface area contributed by atoms with Crippen molar-refractivity contribution in [2.45, 2.75) is 11.8 Å². The SMILES string of the molecule is Cc1ccc(S(=O)(=O)NCCN2C(=O)c3cccc4c([N+](=O)[O-])ccc(c34)C2=O)cc1. The number of carbonyl (C=O) groups excluding carboxylic acids is 2. The number of aryl methyl sites for hydroxylation is 1. The van der Waals surface area contributed by atoms with Crippen LogP contribution in [-0.4, -0.2) is 43.1 Å². The first-order valence-corrected chi connectivity index (χ1v) is 10.8. The number of carbonyl (C=O) groups is 2. The molecule has 0 atom stereocenters. The zero-order chi connectivity index (χ0) is 22.3. The zero-order valence-electron chi connectivity index (χ0n) is 16.4. The third-order valence-corrected chi connectivity index (χ3v) is 6.60. The van der Waals surface area contributed by atoms with E-state index < -0.39 is 26.8 Å². The Hall–Kier alpha value is -3.63. The first kappa shape index (κ1) is 20.6. The van der Waals surface area contributed by atoms with Crippen LogP contribution < -0.4 is 4.72 Å². The van der Waals surface area contributed by atoms with E-state index in [4.69, 9.17) is 0 Å². The Morgan fingerprint density at radius 2 is 1.61 bits per heavy atom. The highest BCUT2D eigenvalue weighted by Gasteiger charge is 2.34. The fourth-order valence-electron chi connectivity index (χ4n) is 3.59. The summed E-state index contributed by atoms with van der Waals surface area (Å²) in [7, 11) is -3.80. The number of nitro benzene ring substituents is 1. The molecule has 158 valence electrons. The van der Waals surface area contributed by atoms with Gasteiger partial charge < -0.3 is 0 Å². The van der Waals surface area contributed by atoms with E-state index in [1.165, 1.54) is 42.5 Å². The van der Waals surface area contributed by atoms with Gasteiger partial charge in [-0.25, -0.2) is 13.1 Å². The molecule has 3 aromatic carbocycles. The predicted molar refractivity (Wildman–Crippen MR) is 112 cm³/mol. The minimum absolute atomic E-state index is 0.0804. The number of hydrogen-bond acceptors (Lipinski definition) is 6. The fraction of sp³-hybridized carbons (Fsp3) is 0.143. The van der Waals surface area contributed by atoms with Crippen molar-refractivity contribution in [3.05, 3.63) is 81.4 Å². The number of sulfonamides is 1. The van der Waals surface area contributed by atoms with E-state index in [9.17, 15) is 28.1 Å². The molecule has 3 aromatic rings. The molecule has 0 aromatic heterocycles. The fourth-order valence-corrected chi connectivity index (χ4v) is 4.61. The van der Waals surface area contributed by atoms with Crippen molar-refractivity contribution in [3.63, 3.8) is 0 Å². The minimum atomic E-state index is -3.80. The van der Waals surface area contributed by atoms with Crippen LogP contribution in [0.15, 0.2) is 59.5 Å². The van der Waals surface area contributed by atoms with Gasteiger partial charge in [-0.05, 0) is 37.3 Å². The van der Waals surface area contributed by atoms with Crippen molar-refractivity contribution < 1.29 is 22.9 Å². The molecule has 0 unspecified atom stereocenters. The summed E-state index contributed by atoms with van der Waals surface area (Å²) < 4.78 is 27.3. The molecule has 1 aliphatic rings. The van der Waals surface area contributed by atoms with Crippen molar-refractivity contribution in [2.24, 2.45) is 0 Å². The van der Waals surface area contributed by atoms with Gasteiger partial charge in [0, 0.05) is 35.7 Å². The quantitative estimate of drug-likeness (QED) is 0.357. The van der Waals surface area contributed by atoms with Gasteiger partial charge in [0.1, 0.15) is 0 Å². The monoisotopic (exact) mass is 439 g/mol. The number of nitrogens with zero attached hydrogens (tertiary/aromatic N) is 2. The zero-order valence-corrected chi connectivity index (χ0v) is 17.2. The van der Waals surface area contributed by atoms with Gasteiger partial charge in [-0.3, -0.25) is 24.6 Å². The minimum Gasteiger partial charge on any atom is -0.273 e. The molecule has 0 radical (unpaired) electrons. The van der Waals surface area contributed by atoms with Gasteiger partial charge >= 0.3 is 0 Å². The van der Waals surface area contributed by atoms with Crippen molar-refractivity contribution in [1.82, 2.24) is 9.62 Å². The largest absolute Gasteiger partial charge is 0.277 e. The summed E-state index contributed by atoms with van der Waals surface area (Å²) in [5, 5.41) is 11.8. The summed E-state index contributed by atoms with van der Waals surface area (Å²) in [6, 6.07) is 13.3. The summed E-state index contributed by atoms with van der Waals surface area (Å²) in [4.78, 5) is 37.6. The van der Waals surface area contributed by atoms with E-state index in [0.717, 1.165) is 10.5 Å². The highest BCUT2D eigenvalue weighted by molar-refractivity contribution is 7.89. The standard InChI is InChI=1S/C21H17N3O6S/c1-13-5-7-14(8-6-13)31(29,30)22-11-12-23-20(25)16-4-2-3-15-18(24(27)28)10-9-17(19(15)16)21(23)26/h2-10,22H,11-12H2,1H3. The molecule has 10 heteroatoms. The van der Waals surface area contributed by atoms with Gasteiger partial charge in [0.05, 0.1) is 15.2 Å². The molecular formula is C21H17N3O6S. The number of nitrogens with one attached hydrogen (secondary N) is 1. The second kappa shape index (κ2) is 7.56. The highest BCUT2D eigenvalue weighted by Crippen LogP contribution is 2.35. The van der Waals surface area contributed by atoms with E-state index in [-0.39, 0.29) is 45.6 Å². The van der Waals surface area contributed by atoms with Crippen LogP contribution in [0.25, 0.3) is 10.8 Å². The topological polar surface area (TPSA) is 127 Å². The summed E-state index contributed by atoms with van der Waals surface area (Å²) in [5.41, 5.74) is 1.05. The van der Waals surface area contributed by atoms with Crippen molar-refractivity contribution in [1.29, 1.82) is 0 Å². The van der Waals surface area contributed by atoms with Gasteiger partial charge in [-0.15, -0.1) is 0 Å². The van der Waals surface area contributed by atoms with Gasteiger partial charge in [-0.1, -0.05) is 23.8 Å². The van der Waals surface area contributed by atoms with Gasteiger partial charge in [-0.2, -0.15) is 0 Å². The van der Waals surface area contributed by atoms with Crippen LogP contribution in [0.3, 0.4) is 0 Å². The van der Waals surface area contributed by atoms with Crippen LogP contribution in [0.5, 0.6) is 0 Å². The molecule has 9 nitrogen and oxygen atoms in total. The number of rotatable bonds is 6. The molecule has 0 spiro atoms. The average molecular weight is 439 g/mol. The van der Waals surface area contributed by atoms with Crippen LogP contribution in [0.2, 0.25) is 0 Å². The Morgan fingerprint density at radius 1 is 0.968 bits per heavy atom. The molecule has 0 saturated heterocycles. The maximum atomic E-state index is 12.9. The van der Waals surface area contributed by atoms with E-state index in [1.807, 2.05) is 6.92 Å². The number of non-ortho nitro benzene ring substituents is 1. The average Bonchev–Trinajstić information content (AvgIpc) is 2.74. The lowest BCUT2D eigenvalue weighted by atomic mass is 9.93. The molecule has 0 aliphatic carbocycles. The Bertz CT molecular complexity index is 1330. The maximum absolute atomic E-state index is 12.9. The number of benzene rings is 3. The first-order chi connectivity index (χ1) is 14.7. The lowest BCUT2D eigenvalue weighted by Crippen LogP contribution is -2.44. The smallest absolute Gasteiger partial charge is 0.273 e. The molecule has 0 fully saturated rings. The summed E-state index contributed by atoms with van der Waals surface area (Å²) in [5.74, 6) is -1.25. The highest BCUT2D eigenvalue weighted by atomic mass is 32.2. The molecule has 2 amide bonds. The number of imide groups is 1. The molecule has 31 heavy (non-hydrogen) atoms. The second-order valence-corrected chi connectivity index (χ2v) is 8.86. The first-order valence-electron chi connectivity index (χ1n) is 9.33. The van der Waals surface area contributed by atoms with Crippen molar-refractivity contribution in [2.75, 3.05) is 13.1 Å². The number of hydrogen-bond donors (Lipinski definition) is 1. The molecule has 1 N–H and O–H groups in total. The van der Waals surface area contributed by atoms with E-state index >= 15 is 0 Å². The molecular weight excluding hydrogens is 422 g/mol. The van der Waals surface area contributed by atoms with E-state index in [0.29, 0.717) is 0 Å². The summed E-state index contributed by atoms with van der Waals surface area (Å²) in [6.07, 6.45) is 0. The molecule has 0 saturated carbocycles. The van der Waals surface area contributed by atoms with Crippen LogP contribution in [0, 0.1) is 17.0 Å². The number of nitro groups is 1. The van der Waals surface area contributed by atoms with Crippen LogP contribution in [-0.2, 0) is 10.0 Å². The lowest BCUT2D eigenvalue weighted by molar-refractivity contribution is -0.383. The summed E-state index contributed by atoms with van der Waals surface area (Å²) >= 11 is 0. The molecule has 1 aliphatic heterocycles. The van der Waals surface area contributed by atoms with Gasteiger partial charge in [0.25, 0.3) is 17.5 Å². The number of amides is 2. The molecule has 1 heterocycles. The van der Waals surface area contributed by atoms with Gasteiger partial charge in [0.15, 0.2) is 0 Å². The van der Waals surface area contributed by atoms with E-state index in [1.54, 1.807) is 12.1 Å². The second-order valence-electron chi connectivity index (χ2n) is 7.09. The Balaban J connectivity index is 1.59. The van der Waals surface area contributed by atoms with Crippen molar-refractivity contribution >= 4 is 38.3 Å². The molecule has 0 bridgehead atoms. The maximum Gasteiger partial charge on any atom is 0.277 e. The lowest BCUT2D eigenvalue weighted by Gasteiger charge is -2.27. The van der Waals surface area contributed by atoms with Crippen molar-refractivity contribution in [3.8, 4) is 0 Å². The van der Waals surface area contributed by atoms with E-state index in [2.05, 4.69) is 4.72 Å². The third kappa shape index (κ3) is 3.56. The van der Waals surface area contributed by atoms with Gasteiger partial charge in [0.2, 0.25) is 10.0 Å². The Morgan fingerprint density at radius 3 is 2.26 bits per heavy atom. The van der Waals surface area contributed by atoms with Crippen LogP contribution in [0.1, 0.15) is 26.3 Å². The predicted octanol–water partition coefficient (Wildman–Crippen LogP) is 2.63. The van der Waals surface area contributed by atoms with Crippen LogP contribution >= 0.6 is 0 Å².